The van der Waals surface area contributed by atoms with Gasteiger partial charge in [0.25, 0.3) is 0 Å². The van der Waals surface area contributed by atoms with Crippen LogP contribution in [-0.4, -0.2) is 6.54 Å². The molecule has 0 saturated heterocycles. The maximum absolute atomic E-state index is 6.23. The average molecular weight is 372 g/mol. The molecule has 0 amide bonds. The molecular formula is C14H12Cl5N. The molecule has 0 unspecified atom stereocenters. The lowest BCUT2D eigenvalue weighted by Gasteiger charge is -2.19. The number of benzene rings is 2. The molecule has 0 atom stereocenters. The van der Waals surface area contributed by atoms with Gasteiger partial charge >= 0.3 is 0 Å². The second-order valence-electron chi connectivity index (χ2n) is 4.12. The Balaban J connectivity index is 0.00000200. The minimum absolute atomic E-state index is 0. The van der Waals surface area contributed by atoms with Crippen molar-refractivity contribution in [3.05, 3.63) is 67.6 Å². The second-order valence-corrected chi connectivity index (χ2v) is 5.81. The number of hydrogen-bond acceptors (Lipinski definition) is 1. The predicted molar refractivity (Wildman–Crippen MR) is 91.1 cm³/mol. The Kier molecular flexibility index (Phi) is 6.93. The van der Waals surface area contributed by atoms with E-state index in [4.69, 9.17) is 52.1 Å². The Morgan fingerprint density at radius 1 is 0.800 bits per heavy atom. The summed E-state index contributed by atoms with van der Waals surface area (Å²) in [6.07, 6.45) is 0. The van der Waals surface area contributed by atoms with Crippen LogP contribution in [0.1, 0.15) is 17.0 Å². The molecule has 0 bridgehead atoms. The minimum atomic E-state index is -0.0884. The first kappa shape index (κ1) is 17.9. The van der Waals surface area contributed by atoms with E-state index in [1.807, 2.05) is 12.1 Å². The monoisotopic (exact) mass is 369 g/mol. The van der Waals surface area contributed by atoms with Crippen molar-refractivity contribution in [1.29, 1.82) is 0 Å². The first-order chi connectivity index (χ1) is 9.02. The topological polar surface area (TPSA) is 26.0 Å². The summed E-state index contributed by atoms with van der Waals surface area (Å²) in [6.45, 7) is 0.392. The van der Waals surface area contributed by atoms with Gasteiger partial charge in [0.15, 0.2) is 0 Å². The van der Waals surface area contributed by atoms with Gasteiger partial charge in [0.1, 0.15) is 0 Å². The van der Waals surface area contributed by atoms with E-state index in [0.29, 0.717) is 26.6 Å². The number of hydrogen-bond donors (Lipinski definition) is 1. The summed E-state index contributed by atoms with van der Waals surface area (Å²) >= 11 is 24.3. The molecule has 2 rings (SSSR count). The zero-order valence-corrected chi connectivity index (χ0v) is 14.1. The third-order valence-corrected chi connectivity index (χ3v) is 4.04. The van der Waals surface area contributed by atoms with Gasteiger partial charge in [0, 0.05) is 32.6 Å². The van der Waals surface area contributed by atoms with E-state index in [1.165, 1.54) is 0 Å². The van der Waals surface area contributed by atoms with Crippen LogP contribution in [0.5, 0.6) is 0 Å². The van der Waals surface area contributed by atoms with Crippen LogP contribution in [0.2, 0.25) is 20.1 Å². The number of halogens is 5. The molecule has 2 aromatic rings. The van der Waals surface area contributed by atoms with E-state index in [0.717, 1.165) is 11.1 Å². The van der Waals surface area contributed by atoms with Crippen LogP contribution in [0.3, 0.4) is 0 Å². The van der Waals surface area contributed by atoms with Gasteiger partial charge in [-0.05, 0) is 35.4 Å². The molecule has 0 radical (unpaired) electrons. The fourth-order valence-corrected chi connectivity index (χ4v) is 3.07. The van der Waals surface area contributed by atoms with Crippen LogP contribution in [0, 0.1) is 0 Å². The zero-order chi connectivity index (χ0) is 14.0. The van der Waals surface area contributed by atoms with Crippen molar-refractivity contribution >= 4 is 58.8 Å². The molecule has 0 aliphatic rings. The summed E-state index contributed by atoms with van der Waals surface area (Å²) in [4.78, 5) is 0. The molecule has 0 fully saturated rings. The molecule has 0 heterocycles. The molecule has 0 aliphatic heterocycles. The van der Waals surface area contributed by atoms with Gasteiger partial charge in [-0.1, -0.05) is 58.5 Å². The maximum Gasteiger partial charge on any atom is 0.0459 e. The average Bonchev–Trinajstić information content (AvgIpc) is 2.34. The molecule has 108 valence electrons. The van der Waals surface area contributed by atoms with Crippen LogP contribution >= 0.6 is 58.8 Å². The van der Waals surface area contributed by atoms with Crippen LogP contribution in [0.15, 0.2) is 36.4 Å². The lowest BCUT2D eigenvalue weighted by atomic mass is 9.91. The summed E-state index contributed by atoms with van der Waals surface area (Å²) in [7, 11) is 0. The van der Waals surface area contributed by atoms with Gasteiger partial charge in [-0.2, -0.15) is 0 Å². The highest BCUT2D eigenvalue weighted by Gasteiger charge is 2.18. The van der Waals surface area contributed by atoms with Crippen LogP contribution in [0.25, 0.3) is 0 Å². The standard InChI is InChI=1S/C14H11Cl4N.ClH/c15-8-1-3-10(13(17)5-8)12(7-19)11-4-2-9(16)6-14(11)18;/h1-6,12H,7,19H2;1H. The van der Waals surface area contributed by atoms with Crippen LogP contribution < -0.4 is 5.73 Å². The fraction of sp³-hybridized carbons (Fsp3) is 0.143. The van der Waals surface area contributed by atoms with Gasteiger partial charge in [-0.25, -0.2) is 0 Å². The largest absolute Gasteiger partial charge is 0.330 e. The third-order valence-electron chi connectivity index (χ3n) is 2.91. The highest BCUT2D eigenvalue weighted by atomic mass is 35.5. The predicted octanol–water partition coefficient (Wildman–Crippen LogP) is 5.81. The minimum Gasteiger partial charge on any atom is -0.330 e. The summed E-state index contributed by atoms with van der Waals surface area (Å²) in [5.41, 5.74) is 7.67. The Morgan fingerprint density at radius 3 is 1.50 bits per heavy atom. The highest BCUT2D eigenvalue weighted by Crippen LogP contribution is 2.35. The lowest BCUT2D eigenvalue weighted by molar-refractivity contribution is 0.819. The Labute approximate surface area is 144 Å². The Hall–Kier alpha value is -0.150. The summed E-state index contributed by atoms with van der Waals surface area (Å²) in [6, 6.07) is 10.7. The Bertz CT molecular complexity index is 549. The first-order valence-corrected chi connectivity index (χ1v) is 7.14. The van der Waals surface area contributed by atoms with Crippen molar-refractivity contribution in [2.75, 3.05) is 6.54 Å². The third kappa shape index (κ3) is 3.94. The number of rotatable bonds is 3. The molecular weight excluding hydrogens is 359 g/mol. The normalized spacial score (nSPS) is 10.5. The van der Waals surface area contributed by atoms with Crippen molar-refractivity contribution in [3.8, 4) is 0 Å². The zero-order valence-electron chi connectivity index (χ0n) is 10.2. The van der Waals surface area contributed by atoms with E-state index in [9.17, 15) is 0 Å². The summed E-state index contributed by atoms with van der Waals surface area (Å²) < 4.78 is 0. The molecule has 0 aromatic heterocycles. The molecule has 6 heteroatoms. The smallest absolute Gasteiger partial charge is 0.0459 e. The van der Waals surface area contributed by atoms with E-state index >= 15 is 0 Å². The van der Waals surface area contributed by atoms with Gasteiger partial charge in [-0.15, -0.1) is 12.4 Å². The van der Waals surface area contributed by atoms with E-state index < -0.39 is 0 Å². The fourth-order valence-electron chi connectivity index (χ4n) is 1.99. The first-order valence-electron chi connectivity index (χ1n) is 5.63. The highest BCUT2D eigenvalue weighted by molar-refractivity contribution is 6.36. The van der Waals surface area contributed by atoms with Crippen molar-refractivity contribution in [2.24, 2.45) is 5.73 Å². The molecule has 2 aromatic carbocycles. The number of nitrogens with two attached hydrogens (primary N) is 1. The molecule has 0 spiro atoms. The summed E-state index contributed by atoms with van der Waals surface area (Å²) in [5, 5.41) is 2.33. The Morgan fingerprint density at radius 2 is 1.20 bits per heavy atom. The van der Waals surface area contributed by atoms with E-state index in [-0.39, 0.29) is 18.3 Å². The van der Waals surface area contributed by atoms with Gasteiger partial charge in [0.2, 0.25) is 0 Å². The molecule has 0 aliphatic carbocycles. The van der Waals surface area contributed by atoms with E-state index in [2.05, 4.69) is 0 Å². The maximum atomic E-state index is 6.23. The van der Waals surface area contributed by atoms with Crippen molar-refractivity contribution in [1.82, 2.24) is 0 Å². The van der Waals surface area contributed by atoms with Crippen molar-refractivity contribution in [2.45, 2.75) is 5.92 Å². The van der Waals surface area contributed by atoms with Crippen molar-refractivity contribution in [3.63, 3.8) is 0 Å². The second kappa shape index (κ2) is 7.74. The SMILES string of the molecule is Cl.NCC(c1ccc(Cl)cc1Cl)c1ccc(Cl)cc1Cl. The van der Waals surface area contributed by atoms with Crippen molar-refractivity contribution < 1.29 is 0 Å². The molecule has 1 nitrogen and oxygen atoms in total. The van der Waals surface area contributed by atoms with E-state index in [1.54, 1.807) is 24.3 Å². The van der Waals surface area contributed by atoms with Gasteiger partial charge < -0.3 is 5.73 Å². The quantitative estimate of drug-likeness (QED) is 0.723. The van der Waals surface area contributed by atoms with Crippen LogP contribution in [-0.2, 0) is 0 Å². The van der Waals surface area contributed by atoms with Gasteiger partial charge in [-0.3, -0.25) is 0 Å². The molecule has 0 saturated carbocycles. The lowest BCUT2D eigenvalue weighted by Crippen LogP contribution is -2.14. The van der Waals surface area contributed by atoms with Crippen LogP contribution in [0.4, 0.5) is 0 Å². The van der Waals surface area contributed by atoms with Gasteiger partial charge in [0.05, 0.1) is 0 Å². The molecule has 20 heavy (non-hydrogen) atoms. The molecule has 2 N–H and O–H groups in total. The summed E-state index contributed by atoms with van der Waals surface area (Å²) in [5.74, 6) is -0.0884.